The molecule has 1 aromatic carbocycles. The quantitative estimate of drug-likeness (QED) is 0.571. The van der Waals surface area contributed by atoms with Crippen LogP contribution in [0.4, 0.5) is 0 Å². The van der Waals surface area contributed by atoms with Crippen molar-refractivity contribution in [2.45, 2.75) is 0 Å². The van der Waals surface area contributed by atoms with E-state index in [9.17, 15) is 0 Å². The normalized spacial score (nSPS) is 9.57. The molecule has 0 aliphatic heterocycles. The van der Waals surface area contributed by atoms with E-state index in [0.29, 0.717) is 0 Å². The van der Waals surface area contributed by atoms with Crippen LogP contribution in [-0.2, 0) is 0 Å². The third-order valence-electron chi connectivity index (χ3n) is 1.76. The van der Waals surface area contributed by atoms with E-state index in [1.807, 2.05) is 43.4 Å². The predicted octanol–water partition coefficient (Wildman–Crippen LogP) is 1.70. The van der Waals surface area contributed by atoms with E-state index in [4.69, 9.17) is 6.42 Å². The molecule has 0 heterocycles. The molecular weight excluding hydrogens is 172 g/mol. The average Bonchev–Trinajstić information content (AvgIpc) is 2.17. The number of nitrogens with zero attached hydrogens (tertiary/aromatic N) is 1. The maximum Gasteiger partial charge on any atom is 0.0490 e. The topological polar surface area (TPSA) is 15.3 Å². The summed E-state index contributed by atoms with van der Waals surface area (Å²) in [5.74, 6) is 2.57. The van der Waals surface area contributed by atoms with Crippen LogP contribution in [0.15, 0.2) is 30.8 Å². The molecule has 0 saturated carbocycles. The van der Waals surface area contributed by atoms with Crippen LogP contribution in [0, 0.1) is 12.3 Å². The zero-order chi connectivity index (χ0) is 10.6. The Hall–Kier alpha value is -1.72. The van der Waals surface area contributed by atoms with Gasteiger partial charge in [0.15, 0.2) is 0 Å². The van der Waals surface area contributed by atoms with E-state index >= 15 is 0 Å². The third kappa shape index (κ3) is 2.65. The minimum Gasteiger partial charge on any atom is -0.319 e. The van der Waals surface area contributed by atoms with Crippen molar-refractivity contribution in [2.24, 2.45) is 0 Å². The number of benzene rings is 1. The lowest BCUT2D eigenvalue weighted by Gasteiger charge is -2.15. The second-order valence-corrected chi connectivity index (χ2v) is 3.21. The Balaban J connectivity index is 2.78. The first-order valence-corrected chi connectivity index (χ1v) is 4.33. The number of hydrazine groups is 1. The number of hydrogen-bond acceptors (Lipinski definition) is 2. The van der Waals surface area contributed by atoms with Crippen molar-refractivity contribution in [3.8, 4) is 12.3 Å². The molecular formula is C12H14N2. The van der Waals surface area contributed by atoms with Gasteiger partial charge in [-0.25, -0.2) is 5.01 Å². The van der Waals surface area contributed by atoms with E-state index < -0.39 is 0 Å². The van der Waals surface area contributed by atoms with Gasteiger partial charge in [0.25, 0.3) is 0 Å². The van der Waals surface area contributed by atoms with Gasteiger partial charge in [0.2, 0.25) is 0 Å². The molecule has 14 heavy (non-hydrogen) atoms. The third-order valence-corrected chi connectivity index (χ3v) is 1.76. The minimum atomic E-state index is 0.860. The summed E-state index contributed by atoms with van der Waals surface area (Å²) >= 11 is 0. The second-order valence-electron chi connectivity index (χ2n) is 3.21. The van der Waals surface area contributed by atoms with Gasteiger partial charge in [-0.3, -0.25) is 0 Å². The highest BCUT2D eigenvalue weighted by Gasteiger charge is 1.98. The summed E-state index contributed by atoms with van der Waals surface area (Å²) in [6.07, 6.45) is 5.26. The molecule has 0 aliphatic carbocycles. The fourth-order valence-electron chi connectivity index (χ4n) is 1.10. The molecule has 0 aromatic heterocycles. The molecule has 1 rings (SSSR count). The zero-order valence-electron chi connectivity index (χ0n) is 8.54. The molecule has 0 amide bonds. The summed E-state index contributed by atoms with van der Waals surface area (Å²) < 4.78 is 0. The van der Waals surface area contributed by atoms with Gasteiger partial charge in [0.1, 0.15) is 0 Å². The first kappa shape index (κ1) is 10.4. The smallest absolute Gasteiger partial charge is 0.0490 e. The van der Waals surface area contributed by atoms with Crippen LogP contribution in [0.1, 0.15) is 11.1 Å². The van der Waals surface area contributed by atoms with Gasteiger partial charge in [-0.2, -0.15) is 0 Å². The average molecular weight is 186 g/mol. The van der Waals surface area contributed by atoms with E-state index in [0.717, 1.165) is 16.8 Å². The standard InChI is InChI=1S/C12H14N2/c1-5-11-6-8-12(9-7-11)10(2)13-14(3)4/h1,6-9,13H,2H2,3-4H3. The number of terminal acetylenes is 1. The van der Waals surface area contributed by atoms with Gasteiger partial charge in [0, 0.05) is 25.4 Å². The molecule has 0 aliphatic rings. The maximum absolute atomic E-state index is 5.26. The van der Waals surface area contributed by atoms with Gasteiger partial charge in [-0.05, 0) is 17.7 Å². The van der Waals surface area contributed by atoms with Gasteiger partial charge >= 0.3 is 0 Å². The van der Waals surface area contributed by atoms with Gasteiger partial charge in [0.05, 0.1) is 0 Å². The molecule has 1 aromatic rings. The van der Waals surface area contributed by atoms with E-state index in [-0.39, 0.29) is 0 Å². The highest BCUT2D eigenvalue weighted by molar-refractivity contribution is 5.61. The molecule has 0 radical (unpaired) electrons. The lowest BCUT2D eigenvalue weighted by molar-refractivity contribution is 0.353. The molecule has 2 heteroatoms. The molecule has 1 N–H and O–H groups in total. The SMILES string of the molecule is C#Cc1ccc(C(=C)NN(C)C)cc1. The molecule has 0 saturated heterocycles. The summed E-state index contributed by atoms with van der Waals surface area (Å²) in [6, 6.07) is 7.71. The van der Waals surface area contributed by atoms with Crippen LogP contribution in [0.25, 0.3) is 5.70 Å². The van der Waals surface area contributed by atoms with Crippen LogP contribution in [0.5, 0.6) is 0 Å². The molecule has 0 fully saturated rings. The minimum absolute atomic E-state index is 0.860. The second kappa shape index (κ2) is 4.50. The van der Waals surface area contributed by atoms with Crippen molar-refractivity contribution in [3.63, 3.8) is 0 Å². The zero-order valence-corrected chi connectivity index (χ0v) is 8.54. The fourth-order valence-corrected chi connectivity index (χ4v) is 1.10. The van der Waals surface area contributed by atoms with Gasteiger partial charge in [-0.15, -0.1) is 6.42 Å². The predicted molar refractivity (Wildman–Crippen MR) is 60.2 cm³/mol. The van der Waals surface area contributed by atoms with E-state index in [1.54, 1.807) is 0 Å². The van der Waals surface area contributed by atoms with E-state index in [2.05, 4.69) is 17.9 Å². The Morgan fingerprint density at radius 2 is 1.93 bits per heavy atom. The Bertz CT molecular complexity index is 355. The van der Waals surface area contributed by atoms with Crippen molar-refractivity contribution in [2.75, 3.05) is 14.1 Å². The largest absolute Gasteiger partial charge is 0.319 e. The Labute approximate surface area is 85.2 Å². The number of hydrogen-bond donors (Lipinski definition) is 1. The number of rotatable bonds is 3. The highest BCUT2D eigenvalue weighted by Crippen LogP contribution is 2.10. The van der Waals surface area contributed by atoms with Crippen molar-refractivity contribution >= 4 is 5.70 Å². The van der Waals surface area contributed by atoms with E-state index in [1.165, 1.54) is 0 Å². The van der Waals surface area contributed by atoms with Crippen molar-refractivity contribution in [1.82, 2.24) is 10.4 Å². The maximum atomic E-state index is 5.26. The molecule has 0 spiro atoms. The summed E-state index contributed by atoms with van der Waals surface area (Å²) in [6.45, 7) is 3.92. The summed E-state index contributed by atoms with van der Waals surface area (Å²) in [5, 5.41) is 1.84. The summed E-state index contributed by atoms with van der Waals surface area (Å²) in [4.78, 5) is 0. The Morgan fingerprint density at radius 3 is 2.36 bits per heavy atom. The van der Waals surface area contributed by atoms with Crippen molar-refractivity contribution in [3.05, 3.63) is 42.0 Å². The fraction of sp³-hybridized carbons (Fsp3) is 0.167. The highest BCUT2D eigenvalue weighted by atomic mass is 15.5. The lowest BCUT2D eigenvalue weighted by atomic mass is 10.1. The van der Waals surface area contributed by atoms with Crippen LogP contribution >= 0.6 is 0 Å². The number of nitrogens with one attached hydrogen (secondary N) is 1. The Morgan fingerprint density at radius 1 is 1.36 bits per heavy atom. The molecule has 0 atom stereocenters. The first-order chi connectivity index (χ1) is 6.63. The monoisotopic (exact) mass is 186 g/mol. The molecule has 0 bridgehead atoms. The van der Waals surface area contributed by atoms with Gasteiger partial charge in [-0.1, -0.05) is 24.6 Å². The van der Waals surface area contributed by atoms with Crippen LogP contribution in [0.3, 0.4) is 0 Å². The van der Waals surface area contributed by atoms with Gasteiger partial charge < -0.3 is 5.43 Å². The van der Waals surface area contributed by atoms with Crippen LogP contribution < -0.4 is 5.43 Å². The molecule has 2 nitrogen and oxygen atoms in total. The first-order valence-electron chi connectivity index (χ1n) is 4.33. The molecule has 0 unspecified atom stereocenters. The summed E-state index contributed by atoms with van der Waals surface area (Å²) in [7, 11) is 3.84. The van der Waals surface area contributed by atoms with Crippen molar-refractivity contribution < 1.29 is 0 Å². The Kier molecular flexibility index (Phi) is 3.33. The van der Waals surface area contributed by atoms with Crippen LogP contribution in [0.2, 0.25) is 0 Å². The summed E-state index contributed by atoms with van der Waals surface area (Å²) in [5.41, 5.74) is 5.86. The van der Waals surface area contributed by atoms with Crippen LogP contribution in [-0.4, -0.2) is 19.1 Å². The molecule has 72 valence electrons. The van der Waals surface area contributed by atoms with Crippen molar-refractivity contribution in [1.29, 1.82) is 0 Å². The lowest BCUT2D eigenvalue weighted by Crippen LogP contribution is -2.28.